The molecule has 16 heteroatoms. The number of carbonyl (C=O) groups excluding carboxylic acids is 5. The molecule has 414 valence electrons. The zero-order chi connectivity index (χ0) is 53.8. The summed E-state index contributed by atoms with van der Waals surface area (Å²) in [4.78, 5) is 72.8. The number of hydrogen-bond donors (Lipinski definition) is 3. The zero-order valence-electron chi connectivity index (χ0n) is 45.7. The Morgan fingerprint density at radius 2 is 1.56 bits per heavy atom. The highest BCUT2D eigenvalue weighted by Gasteiger charge is 2.53. The predicted molar refractivity (Wildman–Crippen MR) is 276 cm³/mol. The zero-order valence-corrected chi connectivity index (χ0v) is 45.7. The van der Waals surface area contributed by atoms with Crippen molar-refractivity contribution >= 4 is 29.2 Å². The van der Waals surface area contributed by atoms with Crippen LogP contribution in [-0.2, 0) is 57.1 Å². The van der Waals surface area contributed by atoms with Crippen molar-refractivity contribution in [2.24, 2.45) is 35.5 Å². The topological polar surface area (TPSA) is 214 Å². The fraction of sp³-hybridized carbons (Fsp3) is 0.772. The maximum absolute atomic E-state index is 14.6. The van der Waals surface area contributed by atoms with Gasteiger partial charge in [0.05, 0.1) is 24.4 Å². The number of piperidine rings is 1. The Labute approximate surface area is 435 Å². The van der Waals surface area contributed by atoms with E-state index in [1.54, 1.807) is 41.1 Å². The van der Waals surface area contributed by atoms with E-state index in [0.717, 1.165) is 18.4 Å². The number of aliphatic hydroxyl groups excluding tert-OH is 2. The molecule has 4 rings (SSSR count). The number of ketones is 3. The fourth-order valence-electron chi connectivity index (χ4n) is 10.9. The number of amides is 1. The number of nitrogens with zero attached hydrogens (tertiary/aromatic N) is 1. The molecule has 4 aliphatic rings. The Bertz CT molecular complexity index is 1900. The number of allylic oxidation sites excluding steroid dienone is 6. The second-order valence-electron chi connectivity index (χ2n) is 21.5. The van der Waals surface area contributed by atoms with Crippen molar-refractivity contribution in [1.29, 1.82) is 0 Å². The molecule has 0 aromatic rings. The smallest absolute Gasteiger partial charge is 0.329 e. The van der Waals surface area contributed by atoms with Gasteiger partial charge < -0.3 is 53.4 Å². The van der Waals surface area contributed by atoms with Crippen LogP contribution in [0.25, 0.3) is 0 Å². The first-order chi connectivity index (χ1) is 34.8. The summed E-state index contributed by atoms with van der Waals surface area (Å²) in [6.07, 6.45) is 13.2. The van der Waals surface area contributed by atoms with Gasteiger partial charge in [0.25, 0.3) is 11.7 Å². The van der Waals surface area contributed by atoms with Crippen molar-refractivity contribution < 1.29 is 72.5 Å². The number of ether oxygens (including phenoxy) is 7. The highest BCUT2D eigenvalue weighted by atomic mass is 16.6. The van der Waals surface area contributed by atoms with E-state index >= 15 is 0 Å². The average molecular weight is 1030 g/mol. The van der Waals surface area contributed by atoms with Crippen LogP contribution in [0.5, 0.6) is 0 Å². The van der Waals surface area contributed by atoms with Gasteiger partial charge in [-0.05, 0) is 120 Å². The molecule has 0 aromatic heterocycles. The van der Waals surface area contributed by atoms with Crippen molar-refractivity contribution in [2.45, 2.75) is 193 Å². The summed E-state index contributed by atoms with van der Waals surface area (Å²) in [5, 5.41) is 33.0. The number of Topliss-reactive ketones (excluding diaryl/α,β-unsaturated/α-hetero) is 3. The lowest BCUT2D eigenvalue weighted by atomic mass is 9.78. The van der Waals surface area contributed by atoms with Crippen molar-refractivity contribution in [1.82, 2.24) is 4.90 Å². The number of hydrogen-bond acceptors (Lipinski definition) is 15. The van der Waals surface area contributed by atoms with Gasteiger partial charge in [-0.2, -0.15) is 0 Å². The first-order valence-corrected chi connectivity index (χ1v) is 27.1. The van der Waals surface area contributed by atoms with Crippen LogP contribution < -0.4 is 0 Å². The summed E-state index contributed by atoms with van der Waals surface area (Å²) in [6, 6.07) is -1.15. The molecule has 1 amide bonds. The Balaban J connectivity index is 1.71. The average Bonchev–Trinajstić information content (AvgIpc) is 3.37. The molecule has 2 saturated heterocycles. The molecule has 0 aromatic carbocycles. The number of rotatable bonds is 14. The summed E-state index contributed by atoms with van der Waals surface area (Å²) in [6.45, 7) is 14.2. The largest absolute Gasteiger partial charge is 0.460 e. The molecule has 15 atom stereocenters. The van der Waals surface area contributed by atoms with Crippen LogP contribution in [0.15, 0.2) is 47.6 Å². The van der Waals surface area contributed by atoms with Crippen LogP contribution in [0.4, 0.5) is 0 Å². The minimum Gasteiger partial charge on any atom is -0.460 e. The first kappa shape index (κ1) is 62.1. The molecule has 0 radical (unpaired) electrons. The molecule has 0 spiro atoms. The molecule has 16 nitrogen and oxygen atoms in total. The van der Waals surface area contributed by atoms with Crippen molar-refractivity contribution in [3.8, 4) is 0 Å². The van der Waals surface area contributed by atoms with Crippen LogP contribution in [0.3, 0.4) is 0 Å². The van der Waals surface area contributed by atoms with Gasteiger partial charge >= 0.3 is 5.97 Å². The minimum atomic E-state index is -2.46. The van der Waals surface area contributed by atoms with E-state index in [0.29, 0.717) is 89.6 Å². The maximum atomic E-state index is 14.6. The second kappa shape index (κ2) is 30.9. The van der Waals surface area contributed by atoms with Gasteiger partial charge in [0.2, 0.25) is 5.79 Å². The SMILES string of the molecule is COCCCOC1C[C@@H]2CC[C@@H](C)[C@@](O)(O2)C(=O)C(=O)N2CCCC[C@H]2C(=O)O[C@H]([C@H](C)C[C@@H]2CC[C@@H](OCCCO)[C@H](OC)C2)CC(=O)[C@H](C)/C=C(\C)[C@@H](O)[C@@H](OC)C(=O)[C@H](C)C[C@H](C)/C=C/C=CC=C1C. The normalized spacial score (nSPS) is 36.2. The van der Waals surface area contributed by atoms with Gasteiger partial charge in [-0.15, -0.1) is 0 Å². The number of methoxy groups -OCH3 is 3. The standard InChI is InChI=1S/C57H91NO15/c1-36-18-12-11-13-19-37(2)48(71-29-17-27-67-8)34-44-23-21-42(7)57(66,73-44)54(63)55(64)58-25-15-14-20-45(58)56(65)72-49(39(4)32-43-22-24-47(50(33-43)68-9)70-28-16-26-59)35-46(60)38(3)31-41(6)52(62)53(69-10)51(61)40(5)30-36/h11-13,18-19,31,36,38-40,42-45,47-50,52-53,59,62,66H,14-17,20-30,32-35H2,1-10H3/b13-11?,18-12+,37-19?,41-31+/t36-,38-,39-,40-,42-,43+,44+,45+,47-,48?,49+,50-,52-,53+,57-/m1/s1. The molecule has 3 heterocycles. The molecule has 3 fully saturated rings. The lowest BCUT2D eigenvalue weighted by Gasteiger charge is -2.43. The lowest BCUT2D eigenvalue weighted by molar-refractivity contribution is -0.266. The van der Waals surface area contributed by atoms with E-state index < -0.39 is 77.8 Å². The Hall–Kier alpha value is -3.45. The third-order valence-corrected chi connectivity index (χ3v) is 15.6. The maximum Gasteiger partial charge on any atom is 0.329 e. The predicted octanol–water partition coefficient (Wildman–Crippen LogP) is 6.99. The van der Waals surface area contributed by atoms with Crippen LogP contribution in [0, 0.1) is 35.5 Å². The third kappa shape index (κ3) is 18.1. The Morgan fingerprint density at radius 3 is 2.26 bits per heavy atom. The Kier molecular flexibility index (Phi) is 26.3. The van der Waals surface area contributed by atoms with Gasteiger partial charge in [0, 0.05) is 84.9 Å². The second-order valence-corrected chi connectivity index (χ2v) is 21.5. The van der Waals surface area contributed by atoms with Gasteiger partial charge in [0.1, 0.15) is 30.1 Å². The highest BCUT2D eigenvalue weighted by molar-refractivity contribution is 6.39. The molecule has 1 aliphatic carbocycles. The molecule has 3 N–H and O–H groups in total. The number of carbonyl (C=O) groups is 5. The van der Waals surface area contributed by atoms with E-state index in [1.807, 2.05) is 58.1 Å². The quantitative estimate of drug-likeness (QED) is 0.0692. The summed E-state index contributed by atoms with van der Waals surface area (Å²) in [5.74, 6) is -8.03. The third-order valence-electron chi connectivity index (χ3n) is 15.6. The first-order valence-electron chi connectivity index (χ1n) is 27.1. The summed E-state index contributed by atoms with van der Waals surface area (Å²) in [5.41, 5.74) is 1.27. The molecule has 1 saturated carbocycles. The molecular formula is C57H91NO15. The number of esters is 1. The number of cyclic esters (lactones) is 1. The monoisotopic (exact) mass is 1030 g/mol. The van der Waals surface area contributed by atoms with E-state index in [1.165, 1.54) is 12.0 Å². The van der Waals surface area contributed by atoms with Crippen LogP contribution in [-0.4, -0.2) is 158 Å². The minimum absolute atomic E-state index is 0.00252. The number of fused-ring (bicyclic) bond motifs is 3. The van der Waals surface area contributed by atoms with E-state index in [4.69, 9.17) is 33.2 Å². The lowest BCUT2D eigenvalue weighted by Crippen LogP contribution is -2.61. The van der Waals surface area contributed by atoms with Crippen molar-refractivity contribution in [2.75, 3.05) is 54.3 Å². The molecule has 1 unspecified atom stereocenters. The number of aliphatic hydroxyl groups is 3. The van der Waals surface area contributed by atoms with Crippen molar-refractivity contribution in [3.63, 3.8) is 0 Å². The van der Waals surface area contributed by atoms with Crippen LogP contribution >= 0.6 is 0 Å². The fourth-order valence-corrected chi connectivity index (χ4v) is 10.9. The highest BCUT2D eigenvalue weighted by Crippen LogP contribution is 2.38. The molecule has 3 aliphatic heterocycles. The van der Waals surface area contributed by atoms with E-state index in [2.05, 4.69) is 0 Å². The van der Waals surface area contributed by atoms with Crippen LogP contribution in [0.1, 0.15) is 138 Å². The van der Waals surface area contributed by atoms with Gasteiger partial charge in [-0.3, -0.25) is 19.2 Å². The molecule has 73 heavy (non-hydrogen) atoms. The van der Waals surface area contributed by atoms with E-state index in [9.17, 15) is 39.3 Å². The summed E-state index contributed by atoms with van der Waals surface area (Å²) >= 11 is 0. The Morgan fingerprint density at radius 1 is 0.822 bits per heavy atom. The molecule has 2 bridgehead atoms. The van der Waals surface area contributed by atoms with Gasteiger partial charge in [-0.25, -0.2) is 4.79 Å². The summed E-state index contributed by atoms with van der Waals surface area (Å²) in [7, 11) is 4.65. The molecular weight excluding hydrogens is 939 g/mol. The van der Waals surface area contributed by atoms with Crippen molar-refractivity contribution in [3.05, 3.63) is 47.6 Å². The van der Waals surface area contributed by atoms with Crippen LogP contribution in [0.2, 0.25) is 0 Å². The van der Waals surface area contributed by atoms with Gasteiger partial charge in [0.15, 0.2) is 5.78 Å². The van der Waals surface area contributed by atoms with E-state index in [-0.39, 0.29) is 67.5 Å². The van der Waals surface area contributed by atoms with Gasteiger partial charge in [-0.1, -0.05) is 71.1 Å². The summed E-state index contributed by atoms with van der Waals surface area (Å²) < 4.78 is 41.8.